The quantitative estimate of drug-likeness (QED) is 0.471. The van der Waals surface area contributed by atoms with Gasteiger partial charge in [-0.25, -0.2) is 0 Å². The second-order valence-corrected chi connectivity index (χ2v) is 6.92. The van der Waals surface area contributed by atoms with Crippen LogP contribution in [-0.4, -0.2) is 31.1 Å². The largest absolute Gasteiger partial charge is 0.497 e. The zero-order valence-corrected chi connectivity index (χ0v) is 18.1. The van der Waals surface area contributed by atoms with Gasteiger partial charge in [-0.15, -0.1) is 0 Å². The van der Waals surface area contributed by atoms with E-state index in [9.17, 15) is 9.59 Å². The first-order valence-electron chi connectivity index (χ1n) is 8.90. The van der Waals surface area contributed by atoms with Gasteiger partial charge in [-0.05, 0) is 54.7 Å². The van der Waals surface area contributed by atoms with Crippen LogP contribution in [0.5, 0.6) is 11.5 Å². The number of hydrogen-bond donors (Lipinski definition) is 3. The average Bonchev–Trinajstić information content (AvgIpc) is 3.30. The van der Waals surface area contributed by atoms with Crippen LogP contribution in [0.1, 0.15) is 20.9 Å². The predicted octanol–water partition coefficient (Wildman–Crippen LogP) is 4.33. The van der Waals surface area contributed by atoms with Crippen LogP contribution in [0, 0.1) is 0 Å². The van der Waals surface area contributed by atoms with Crippen molar-refractivity contribution in [3.63, 3.8) is 0 Å². The maximum absolute atomic E-state index is 12.5. The molecule has 2 amide bonds. The smallest absolute Gasteiger partial charge is 0.291 e. The standard InChI is InChI=1S/C21H18ClN3O5S/c1-28-13-6-7-14(18(11-13)29-2)19(26)25-21(31)23-12-5-8-16(15(22)10-12)24-20(27)17-4-3-9-30-17/h3-11H,1-2H3,(H,24,27)(H2,23,25,26,31). The summed E-state index contributed by atoms with van der Waals surface area (Å²) in [4.78, 5) is 24.6. The number of amides is 2. The summed E-state index contributed by atoms with van der Waals surface area (Å²) in [5.41, 5.74) is 1.21. The van der Waals surface area contributed by atoms with E-state index in [1.807, 2.05) is 0 Å². The van der Waals surface area contributed by atoms with Crippen molar-refractivity contribution in [2.45, 2.75) is 0 Å². The molecule has 0 aliphatic rings. The summed E-state index contributed by atoms with van der Waals surface area (Å²) in [6, 6.07) is 12.8. The third kappa shape index (κ3) is 5.53. The van der Waals surface area contributed by atoms with Crippen molar-refractivity contribution in [2.24, 2.45) is 0 Å². The summed E-state index contributed by atoms with van der Waals surface area (Å²) in [5.74, 6) is 0.188. The molecule has 3 N–H and O–H groups in total. The van der Waals surface area contributed by atoms with Crippen LogP contribution >= 0.6 is 23.8 Å². The monoisotopic (exact) mass is 459 g/mol. The van der Waals surface area contributed by atoms with Crippen molar-refractivity contribution in [3.05, 3.63) is 71.1 Å². The molecule has 0 saturated carbocycles. The van der Waals surface area contributed by atoms with Gasteiger partial charge >= 0.3 is 0 Å². The molecule has 1 aromatic heterocycles. The molecule has 0 spiro atoms. The highest BCUT2D eigenvalue weighted by molar-refractivity contribution is 7.80. The van der Waals surface area contributed by atoms with Gasteiger partial charge in [-0.1, -0.05) is 11.6 Å². The van der Waals surface area contributed by atoms with Gasteiger partial charge in [0.1, 0.15) is 11.5 Å². The van der Waals surface area contributed by atoms with E-state index in [1.165, 1.54) is 26.5 Å². The van der Waals surface area contributed by atoms with Gasteiger partial charge in [0.25, 0.3) is 11.8 Å². The van der Waals surface area contributed by atoms with E-state index in [1.54, 1.807) is 42.5 Å². The molecule has 3 rings (SSSR count). The molecule has 0 atom stereocenters. The molecule has 0 radical (unpaired) electrons. The van der Waals surface area contributed by atoms with E-state index in [2.05, 4.69) is 16.0 Å². The number of anilines is 2. The first kappa shape index (κ1) is 22.1. The van der Waals surface area contributed by atoms with Gasteiger partial charge in [0.2, 0.25) is 0 Å². The van der Waals surface area contributed by atoms with Gasteiger partial charge in [0, 0.05) is 11.8 Å². The van der Waals surface area contributed by atoms with E-state index >= 15 is 0 Å². The Balaban J connectivity index is 1.63. The molecule has 0 unspecified atom stereocenters. The fourth-order valence-electron chi connectivity index (χ4n) is 2.60. The highest BCUT2D eigenvalue weighted by Crippen LogP contribution is 2.27. The highest BCUT2D eigenvalue weighted by atomic mass is 35.5. The van der Waals surface area contributed by atoms with Gasteiger partial charge in [0.15, 0.2) is 10.9 Å². The average molecular weight is 460 g/mol. The molecule has 0 aliphatic carbocycles. The Morgan fingerprint density at radius 2 is 1.81 bits per heavy atom. The Morgan fingerprint density at radius 3 is 2.45 bits per heavy atom. The summed E-state index contributed by atoms with van der Waals surface area (Å²) >= 11 is 11.5. The first-order valence-corrected chi connectivity index (χ1v) is 9.68. The summed E-state index contributed by atoms with van der Waals surface area (Å²) in [6.45, 7) is 0. The Bertz CT molecular complexity index is 1120. The van der Waals surface area contributed by atoms with Crippen LogP contribution < -0.4 is 25.4 Å². The second-order valence-electron chi connectivity index (χ2n) is 6.10. The molecule has 10 heteroatoms. The minimum absolute atomic E-state index is 0.0614. The number of rotatable bonds is 6. The second kappa shape index (κ2) is 9.96. The Hall–Kier alpha value is -3.56. The first-order chi connectivity index (χ1) is 14.9. The third-order valence-corrected chi connectivity index (χ3v) is 4.62. The van der Waals surface area contributed by atoms with Crippen LogP contribution in [0.15, 0.2) is 59.2 Å². The molecule has 0 saturated heterocycles. The van der Waals surface area contributed by atoms with Crippen LogP contribution in [0.3, 0.4) is 0 Å². The molecule has 0 bridgehead atoms. The van der Waals surface area contributed by atoms with Gasteiger partial charge in [0.05, 0.1) is 36.8 Å². The maximum atomic E-state index is 12.5. The molecule has 8 nitrogen and oxygen atoms in total. The molecule has 0 aliphatic heterocycles. The third-order valence-electron chi connectivity index (χ3n) is 4.10. The van der Waals surface area contributed by atoms with Gasteiger partial charge in [-0.2, -0.15) is 0 Å². The number of methoxy groups -OCH3 is 2. The van der Waals surface area contributed by atoms with E-state index in [4.69, 9.17) is 37.7 Å². The fraction of sp³-hybridized carbons (Fsp3) is 0.0952. The van der Waals surface area contributed by atoms with Crippen LogP contribution in [0.4, 0.5) is 11.4 Å². The number of thiocarbonyl (C=S) groups is 1. The molecule has 31 heavy (non-hydrogen) atoms. The van der Waals surface area contributed by atoms with E-state index in [0.29, 0.717) is 28.4 Å². The summed E-state index contributed by atoms with van der Waals surface area (Å²) < 4.78 is 15.4. The van der Waals surface area contributed by atoms with Crippen LogP contribution in [0.2, 0.25) is 5.02 Å². The number of benzene rings is 2. The normalized spacial score (nSPS) is 10.2. The lowest BCUT2D eigenvalue weighted by Gasteiger charge is -2.13. The lowest BCUT2D eigenvalue weighted by atomic mass is 10.2. The fourth-order valence-corrected chi connectivity index (χ4v) is 3.04. The minimum atomic E-state index is -0.453. The highest BCUT2D eigenvalue weighted by Gasteiger charge is 2.15. The van der Waals surface area contributed by atoms with Crippen LogP contribution in [0.25, 0.3) is 0 Å². The van der Waals surface area contributed by atoms with Crippen molar-refractivity contribution in [3.8, 4) is 11.5 Å². The minimum Gasteiger partial charge on any atom is -0.497 e. The topological polar surface area (TPSA) is 102 Å². The van der Waals surface area contributed by atoms with Crippen LogP contribution in [-0.2, 0) is 0 Å². The summed E-state index contributed by atoms with van der Waals surface area (Å²) in [7, 11) is 2.97. The van der Waals surface area contributed by atoms with Gasteiger partial charge < -0.3 is 24.5 Å². The van der Waals surface area contributed by atoms with Crippen molar-refractivity contribution in [2.75, 3.05) is 24.9 Å². The number of hydrogen-bond acceptors (Lipinski definition) is 6. The molecule has 2 aromatic carbocycles. The lowest BCUT2D eigenvalue weighted by Crippen LogP contribution is -2.34. The van der Waals surface area contributed by atoms with Gasteiger partial charge in [-0.3, -0.25) is 14.9 Å². The molecular formula is C21H18ClN3O5S. The van der Waals surface area contributed by atoms with E-state index in [0.717, 1.165) is 0 Å². The number of carbonyl (C=O) groups excluding carboxylic acids is 2. The van der Waals surface area contributed by atoms with E-state index < -0.39 is 11.8 Å². The summed E-state index contributed by atoms with van der Waals surface area (Å²) in [6.07, 6.45) is 1.40. The zero-order valence-electron chi connectivity index (χ0n) is 16.5. The Labute approximate surface area is 188 Å². The molecule has 3 aromatic rings. The molecule has 160 valence electrons. The Morgan fingerprint density at radius 1 is 1.00 bits per heavy atom. The number of halogens is 1. The predicted molar refractivity (Wildman–Crippen MR) is 121 cm³/mol. The van der Waals surface area contributed by atoms with Crippen molar-refractivity contribution >= 4 is 52.1 Å². The van der Waals surface area contributed by atoms with E-state index in [-0.39, 0.29) is 15.9 Å². The maximum Gasteiger partial charge on any atom is 0.291 e. The lowest BCUT2D eigenvalue weighted by molar-refractivity contribution is 0.0972. The van der Waals surface area contributed by atoms with Crippen molar-refractivity contribution in [1.29, 1.82) is 0 Å². The van der Waals surface area contributed by atoms with Crippen molar-refractivity contribution in [1.82, 2.24) is 5.32 Å². The number of furan rings is 1. The number of nitrogens with one attached hydrogen (secondary N) is 3. The van der Waals surface area contributed by atoms with Crippen molar-refractivity contribution < 1.29 is 23.5 Å². The molecular weight excluding hydrogens is 442 g/mol. The molecule has 1 heterocycles. The SMILES string of the molecule is COc1ccc(C(=O)NC(=S)Nc2ccc(NC(=O)c3ccco3)c(Cl)c2)c(OC)c1. The number of ether oxygens (including phenoxy) is 2. The summed E-state index contributed by atoms with van der Waals surface area (Å²) in [5, 5.41) is 8.43. The molecule has 0 fully saturated rings. The number of carbonyl (C=O) groups is 2. The zero-order chi connectivity index (χ0) is 22.4. The Kier molecular flexibility index (Phi) is 7.11.